The Balaban J connectivity index is 1.82. The van der Waals surface area contributed by atoms with Crippen molar-refractivity contribution in [3.8, 4) is 23.1 Å². The third-order valence-corrected chi connectivity index (χ3v) is 5.98. The van der Waals surface area contributed by atoms with Crippen LogP contribution in [0.15, 0.2) is 78.0 Å². The minimum absolute atomic E-state index is 0.260. The molecule has 0 amide bonds. The van der Waals surface area contributed by atoms with E-state index in [1.54, 1.807) is 47.0 Å². The normalized spacial score (nSPS) is 11.3. The summed E-state index contributed by atoms with van der Waals surface area (Å²) in [6.07, 6.45) is -4.49. The topological polar surface area (TPSA) is 54.5 Å². The molecule has 160 valence electrons. The van der Waals surface area contributed by atoms with E-state index in [2.05, 4.69) is 16.3 Å². The maximum absolute atomic E-state index is 13.4. The highest BCUT2D eigenvalue weighted by molar-refractivity contribution is 7.98. The minimum atomic E-state index is -4.49. The predicted octanol–water partition coefficient (Wildman–Crippen LogP) is 6.77. The second-order valence-corrected chi connectivity index (χ2v) is 8.08. The summed E-state index contributed by atoms with van der Waals surface area (Å²) in [4.78, 5) is 0. The van der Waals surface area contributed by atoms with E-state index < -0.39 is 11.7 Å². The largest absolute Gasteiger partial charge is 0.416 e. The number of halogens is 4. The number of thioether (sulfide) groups is 1. The molecule has 9 heteroatoms. The summed E-state index contributed by atoms with van der Waals surface area (Å²) in [5, 5.41) is 18.6. The van der Waals surface area contributed by atoms with Crippen molar-refractivity contribution in [3.05, 3.63) is 94.5 Å². The average molecular weight is 471 g/mol. The molecule has 0 saturated carbocycles. The molecule has 3 aromatic carbocycles. The molecule has 0 aliphatic rings. The number of hydrogen-bond donors (Lipinski definition) is 0. The molecule has 32 heavy (non-hydrogen) atoms. The zero-order valence-electron chi connectivity index (χ0n) is 16.3. The molecule has 0 spiro atoms. The van der Waals surface area contributed by atoms with E-state index in [1.807, 2.05) is 12.1 Å². The first-order valence-corrected chi connectivity index (χ1v) is 10.7. The van der Waals surface area contributed by atoms with Gasteiger partial charge in [0.1, 0.15) is 0 Å². The van der Waals surface area contributed by atoms with Gasteiger partial charge in [0.25, 0.3) is 0 Å². The molecular formula is C23H14ClF3N4S. The van der Waals surface area contributed by atoms with E-state index in [4.69, 9.17) is 11.6 Å². The highest BCUT2D eigenvalue weighted by Crippen LogP contribution is 2.35. The van der Waals surface area contributed by atoms with Crippen LogP contribution in [0.4, 0.5) is 13.2 Å². The lowest BCUT2D eigenvalue weighted by Crippen LogP contribution is -2.07. The van der Waals surface area contributed by atoms with Crippen molar-refractivity contribution >= 4 is 23.4 Å². The summed E-state index contributed by atoms with van der Waals surface area (Å²) in [6, 6.07) is 21.2. The maximum Gasteiger partial charge on any atom is 0.416 e. The molecule has 0 aliphatic heterocycles. The lowest BCUT2D eigenvalue weighted by Gasteiger charge is -2.14. The van der Waals surface area contributed by atoms with Gasteiger partial charge < -0.3 is 0 Å². The molecule has 0 saturated heterocycles. The minimum Gasteiger partial charge on any atom is -0.270 e. The van der Waals surface area contributed by atoms with Gasteiger partial charge in [-0.25, -0.2) is 0 Å². The third kappa shape index (κ3) is 4.49. The van der Waals surface area contributed by atoms with Crippen LogP contribution < -0.4 is 0 Å². The zero-order chi connectivity index (χ0) is 22.7. The van der Waals surface area contributed by atoms with Crippen LogP contribution in [-0.4, -0.2) is 14.8 Å². The molecule has 1 heterocycles. The molecule has 4 rings (SSSR count). The van der Waals surface area contributed by atoms with E-state index >= 15 is 0 Å². The van der Waals surface area contributed by atoms with E-state index in [9.17, 15) is 18.4 Å². The van der Waals surface area contributed by atoms with Gasteiger partial charge in [0.15, 0.2) is 11.0 Å². The zero-order valence-corrected chi connectivity index (χ0v) is 17.9. The fourth-order valence-corrected chi connectivity index (χ4v) is 4.31. The quantitative estimate of drug-likeness (QED) is 0.302. The monoisotopic (exact) mass is 470 g/mol. The Bertz CT molecular complexity index is 1310. The molecular weight excluding hydrogens is 457 g/mol. The Morgan fingerprint density at radius 2 is 1.72 bits per heavy atom. The lowest BCUT2D eigenvalue weighted by atomic mass is 10.1. The van der Waals surface area contributed by atoms with E-state index in [0.717, 1.165) is 17.7 Å². The second-order valence-electron chi connectivity index (χ2n) is 6.73. The molecule has 0 N–H and O–H groups in total. The van der Waals surface area contributed by atoms with Crippen molar-refractivity contribution in [1.29, 1.82) is 5.26 Å². The van der Waals surface area contributed by atoms with Crippen molar-refractivity contribution in [1.82, 2.24) is 14.8 Å². The molecule has 0 bridgehead atoms. The van der Waals surface area contributed by atoms with Crippen molar-refractivity contribution in [2.75, 3.05) is 0 Å². The van der Waals surface area contributed by atoms with Crippen LogP contribution in [0.2, 0.25) is 5.02 Å². The van der Waals surface area contributed by atoms with Gasteiger partial charge in [-0.15, -0.1) is 10.2 Å². The van der Waals surface area contributed by atoms with Crippen LogP contribution in [0.1, 0.15) is 16.7 Å². The summed E-state index contributed by atoms with van der Waals surface area (Å²) in [6.45, 7) is 0. The smallest absolute Gasteiger partial charge is 0.270 e. The SMILES string of the molecule is N#Cc1ccccc1CSc1nnc(-c2ccccc2Cl)n1-c1cccc(C(F)(F)F)c1. The van der Waals surface area contributed by atoms with Gasteiger partial charge in [-0.2, -0.15) is 18.4 Å². The highest BCUT2D eigenvalue weighted by Gasteiger charge is 2.31. The molecule has 0 aliphatic carbocycles. The Labute approximate surface area is 191 Å². The first-order valence-electron chi connectivity index (χ1n) is 9.37. The Hall–Kier alpha value is -3.28. The van der Waals surface area contributed by atoms with Crippen LogP contribution in [0, 0.1) is 11.3 Å². The summed E-state index contributed by atoms with van der Waals surface area (Å²) in [5.74, 6) is 0.717. The van der Waals surface area contributed by atoms with Crippen LogP contribution >= 0.6 is 23.4 Å². The molecule has 1 aromatic heterocycles. The van der Waals surface area contributed by atoms with Crippen molar-refractivity contribution in [2.45, 2.75) is 17.1 Å². The molecule has 4 nitrogen and oxygen atoms in total. The van der Waals surface area contributed by atoms with Crippen molar-refractivity contribution in [3.63, 3.8) is 0 Å². The number of aromatic nitrogens is 3. The van der Waals surface area contributed by atoms with Gasteiger partial charge in [-0.05, 0) is 42.0 Å². The van der Waals surface area contributed by atoms with Crippen molar-refractivity contribution < 1.29 is 13.2 Å². The van der Waals surface area contributed by atoms with Gasteiger partial charge in [0.05, 0.1) is 27.9 Å². The summed E-state index contributed by atoms with van der Waals surface area (Å²) in [5.41, 5.74) is 1.34. The van der Waals surface area contributed by atoms with E-state index in [1.165, 1.54) is 17.8 Å². The van der Waals surface area contributed by atoms with Crippen LogP contribution in [-0.2, 0) is 11.9 Å². The number of rotatable bonds is 5. The number of benzene rings is 3. The number of hydrogen-bond acceptors (Lipinski definition) is 4. The second kappa shape index (κ2) is 9.07. The molecule has 0 unspecified atom stereocenters. The number of nitriles is 1. The van der Waals surface area contributed by atoms with Crippen LogP contribution in [0.5, 0.6) is 0 Å². The van der Waals surface area contributed by atoms with Gasteiger partial charge in [0, 0.05) is 11.3 Å². The Morgan fingerprint density at radius 3 is 2.47 bits per heavy atom. The highest BCUT2D eigenvalue weighted by atomic mass is 35.5. The molecule has 0 fully saturated rings. The average Bonchev–Trinajstić information content (AvgIpc) is 3.21. The van der Waals surface area contributed by atoms with Gasteiger partial charge >= 0.3 is 6.18 Å². The fraction of sp³-hybridized carbons (Fsp3) is 0.0870. The molecule has 4 aromatic rings. The summed E-state index contributed by atoms with van der Waals surface area (Å²) < 4.78 is 41.6. The Morgan fingerprint density at radius 1 is 0.969 bits per heavy atom. The van der Waals surface area contributed by atoms with Gasteiger partial charge in [0.2, 0.25) is 0 Å². The van der Waals surface area contributed by atoms with Gasteiger partial charge in [-0.3, -0.25) is 4.57 Å². The van der Waals surface area contributed by atoms with Crippen LogP contribution in [0.3, 0.4) is 0 Å². The third-order valence-electron chi connectivity index (χ3n) is 4.67. The summed E-state index contributed by atoms with van der Waals surface area (Å²) >= 11 is 7.61. The molecule has 0 radical (unpaired) electrons. The van der Waals surface area contributed by atoms with Crippen LogP contribution in [0.25, 0.3) is 17.1 Å². The first-order chi connectivity index (χ1) is 15.4. The van der Waals surface area contributed by atoms with E-state index in [0.29, 0.717) is 32.9 Å². The summed E-state index contributed by atoms with van der Waals surface area (Å²) in [7, 11) is 0. The number of nitrogens with zero attached hydrogens (tertiary/aromatic N) is 4. The predicted molar refractivity (Wildman–Crippen MR) is 118 cm³/mol. The lowest BCUT2D eigenvalue weighted by molar-refractivity contribution is -0.137. The van der Waals surface area contributed by atoms with E-state index in [-0.39, 0.29) is 5.69 Å². The Kier molecular flexibility index (Phi) is 6.21. The standard InChI is InChI=1S/C23H14ClF3N4S/c24-20-11-4-3-10-19(20)21-29-30-22(32-14-16-7-2-1-6-15(16)13-28)31(21)18-9-5-8-17(12-18)23(25,26)27/h1-12H,14H2. The first kappa shape index (κ1) is 21.9. The van der Waals surface area contributed by atoms with Crippen molar-refractivity contribution in [2.24, 2.45) is 0 Å². The molecule has 0 atom stereocenters. The van der Waals surface area contributed by atoms with Gasteiger partial charge in [-0.1, -0.05) is 59.8 Å². The number of alkyl halides is 3. The maximum atomic E-state index is 13.4. The fourth-order valence-electron chi connectivity index (χ4n) is 3.13.